The molecule has 7 heteroatoms. The number of halogens is 1. The highest BCUT2D eigenvalue weighted by Crippen LogP contribution is 2.38. The Bertz CT molecular complexity index is 1560. The molecule has 4 heterocycles. The number of aromatic amines is 1. The SMILES string of the molecule is N=c1[nH]c2cc(/C=C3\c4ccccc4COc4cc(F)ccc43)ccc2n1[C@@H]1C[C@H]2COCCN2C1. The molecule has 0 spiro atoms. The van der Waals surface area contributed by atoms with Crippen LogP contribution in [-0.4, -0.2) is 46.8 Å². The zero-order valence-electron chi connectivity index (χ0n) is 19.8. The van der Waals surface area contributed by atoms with Gasteiger partial charge in [-0.1, -0.05) is 30.3 Å². The average Bonchev–Trinajstić information content (AvgIpc) is 3.41. The molecule has 3 aliphatic heterocycles. The number of ether oxygens (including phenoxy) is 2. The molecular weight excluding hydrogens is 455 g/mol. The van der Waals surface area contributed by atoms with E-state index in [0.29, 0.717) is 24.0 Å². The highest BCUT2D eigenvalue weighted by atomic mass is 19.1. The van der Waals surface area contributed by atoms with Gasteiger partial charge >= 0.3 is 0 Å². The number of fused-ring (bicyclic) bond motifs is 4. The van der Waals surface area contributed by atoms with E-state index in [1.54, 1.807) is 6.07 Å². The van der Waals surface area contributed by atoms with Gasteiger partial charge in [-0.3, -0.25) is 10.3 Å². The standard InChI is InChI=1S/C29H27FN4O2/c30-20-6-7-24-25(23-4-2-1-3-19(23)16-36-28(24)13-20)11-18-5-8-27-26(12-18)32-29(31)34(27)21-14-22-17-35-10-9-33(22)15-21/h1-8,11-13,21-22H,9-10,14-17H2,(H2,31,32)/b25-11+/t21-,22+/m1/s1. The Hall–Kier alpha value is -3.68. The maximum Gasteiger partial charge on any atom is 0.200 e. The third kappa shape index (κ3) is 3.58. The first-order valence-electron chi connectivity index (χ1n) is 12.5. The molecule has 2 fully saturated rings. The summed E-state index contributed by atoms with van der Waals surface area (Å²) in [4.78, 5) is 5.79. The van der Waals surface area contributed by atoms with Gasteiger partial charge < -0.3 is 19.0 Å². The van der Waals surface area contributed by atoms with Crippen LogP contribution in [0.15, 0.2) is 60.7 Å². The third-order valence-electron chi connectivity index (χ3n) is 7.71. The fourth-order valence-electron chi connectivity index (χ4n) is 6.00. The molecule has 2 N–H and O–H groups in total. The summed E-state index contributed by atoms with van der Waals surface area (Å²) in [6.45, 7) is 3.88. The van der Waals surface area contributed by atoms with Gasteiger partial charge in [-0.05, 0) is 59.0 Å². The number of imidazole rings is 1. The van der Waals surface area contributed by atoms with Crippen molar-refractivity contribution in [3.8, 4) is 5.75 Å². The third-order valence-corrected chi connectivity index (χ3v) is 7.71. The summed E-state index contributed by atoms with van der Waals surface area (Å²) < 4.78 is 27.8. The molecule has 3 aromatic carbocycles. The monoisotopic (exact) mass is 482 g/mol. The minimum Gasteiger partial charge on any atom is -0.488 e. The van der Waals surface area contributed by atoms with Gasteiger partial charge in [0.05, 0.1) is 30.3 Å². The van der Waals surface area contributed by atoms with E-state index in [4.69, 9.17) is 14.9 Å². The van der Waals surface area contributed by atoms with Gasteiger partial charge in [0, 0.05) is 30.8 Å². The molecule has 6 nitrogen and oxygen atoms in total. The van der Waals surface area contributed by atoms with Gasteiger partial charge in [-0.25, -0.2) is 4.39 Å². The van der Waals surface area contributed by atoms with Gasteiger partial charge in [0.25, 0.3) is 0 Å². The summed E-state index contributed by atoms with van der Waals surface area (Å²) in [7, 11) is 0. The van der Waals surface area contributed by atoms with Crippen LogP contribution in [0.5, 0.6) is 5.75 Å². The summed E-state index contributed by atoms with van der Waals surface area (Å²) in [5, 5.41) is 8.68. The van der Waals surface area contributed by atoms with Crippen LogP contribution in [0.1, 0.15) is 34.7 Å². The topological polar surface area (TPSA) is 66.3 Å². The molecule has 0 bridgehead atoms. The number of H-pyrrole nitrogens is 1. The molecule has 0 amide bonds. The van der Waals surface area contributed by atoms with Crippen LogP contribution >= 0.6 is 0 Å². The van der Waals surface area contributed by atoms with E-state index in [1.165, 1.54) is 12.1 Å². The van der Waals surface area contributed by atoms with E-state index in [9.17, 15) is 4.39 Å². The van der Waals surface area contributed by atoms with E-state index >= 15 is 0 Å². The second-order valence-electron chi connectivity index (χ2n) is 9.88. The molecule has 0 aliphatic carbocycles. The lowest BCUT2D eigenvalue weighted by atomic mass is 9.92. The van der Waals surface area contributed by atoms with E-state index in [-0.39, 0.29) is 11.9 Å². The van der Waals surface area contributed by atoms with E-state index in [1.807, 2.05) is 12.1 Å². The minimum atomic E-state index is -0.311. The number of morpholine rings is 1. The van der Waals surface area contributed by atoms with Crippen molar-refractivity contribution in [3.05, 3.63) is 94.4 Å². The predicted molar refractivity (Wildman–Crippen MR) is 136 cm³/mol. The first-order chi connectivity index (χ1) is 17.6. The lowest BCUT2D eigenvalue weighted by Crippen LogP contribution is -2.40. The van der Waals surface area contributed by atoms with Crippen molar-refractivity contribution in [3.63, 3.8) is 0 Å². The van der Waals surface area contributed by atoms with Crippen molar-refractivity contribution >= 4 is 22.7 Å². The average molecular weight is 483 g/mol. The van der Waals surface area contributed by atoms with Crippen molar-refractivity contribution in [2.24, 2.45) is 0 Å². The molecule has 182 valence electrons. The highest BCUT2D eigenvalue weighted by molar-refractivity contribution is 5.95. The summed E-state index contributed by atoms with van der Waals surface area (Å²) in [5.41, 5.74) is 7.42. The Morgan fingerprint density at radius 1 is 1.03 bits per heavy atom. The molecule has 0 saturated carbocycles. The second kappa shape index (κ2) is 8.47. The number of hydrogen-bond acceptors (Lipinski definition) is 4. The summed E-state index contributed by atoms with van der Waals surface area (Å²) in [6.07, 6.45) is 3.13. The second-order valence-corrected chi connectivity index (χ2v) is 9.88. The predicted octanol–water partition coefficient (Wildman–Crippen LogP) is 4.71. The van der Waals surface area contributed by atoms with Crippen LogP contribution < -0.4 is 10.4 Å². The molecule has 2 saturated heterocycles. The van der Waals surface area contributed by atoms with E-state index in [0.717, 1.165) is 71.6 Å². The Morgan fingerprint density at radius 3 is 2.86 bits per heavy atom. The lowest BCUT2D eigenvalue weighted by Gasteiger charge is -2.28. The smallest absolute Gasteiger partial charge is 0.200 e. The molecule has 7 rings (SSSR count). The first-order valence-corrected chi connectivity index (χ1v) is 12.5. The number of aromatic nitrogens is 2. The Balaban J connectivity index is 1.31. The zero-order chi connectivity index (χ0) is 24.2. The molecule has 2 atom stereocenters. The van der Waals surface area contributed by atoms with Crippen LogP contribution in [0.3, 0.4) is 0 Å². The Morgan fingerprint density at radius 2 is 1.94 bits per heavy atom. The summed E-state index contributed by atoms with van der Waals surface area (Å²) >= 11 is 0. The van der Waals surface area contributed by atoms with Crippen LogP contribution in [0, 0.1) is 11.2 Å². The van der Waals surface area contributed by atoms with Crippen LogP contribution in [0.25, 0.3) is 22.7 Å². The van der Waals surface area contributed by atoms with Crippen molar-refractivity contribution in [2.45, 2.75) is 25.1 Å². The Kier molecular flexibility index (Phi) is 5.08. The number of benzene rings is 3. The molecule has 3 aliphatic rings. The maximum atomic E-state index is 14.0. The van der Waals surface area contributed by atoms with Crippen molar-refractivity contribution in [1.82, 2.24) is 14.5 Å². The quantitative estimate of drug-likeness (QED) is 0.435. The summed E-state index contributed by atoms with van der Waals surface area (Å²) in [6, 6.07) is 19.9. The molecule has 1 aromatic heterocycles. The van der Waals surface area contributed by atoms with Crippen LogP contribution in [-0.2, 0) is 11.3 Å². The van der Waals surface area contributed by atoms with Crippen molar-refractivity contribution in [2.75, 3.05) is 26.3 Å². The van der Waals surface area contributed by atoms with Crippen molar-refractivity contribution < 1.29 is 13.9 Å². The normalized spacial score (nSPS) is 22.6. The van der Waals surface area contributed by atoms with Gasteiger partial charge in [0.1, 0.15) is 18.2 Å². The molecular formula is C29H27FN4O2. The maximum absolute atomic E-state index is 14.0. The van der Waals surface area contributed by atoms with Gasteiger partial charge in [-0.2, -0.15) is 0 Å². The number of rotatable bonds is 2. The fraction of sp³-hybridized carbons (Fsp3) is 0.276. The molecule has 36 heavy (non-hydrogen) atoms. The lowest BCUT2D eigenvalue weighted by molar-refractivity contribution is 0.0128. The summed E-state index contributed by atoms with van der Waals surface area (Å²) in [5.74, 6) is 0.236. The van der Waals surface area contributed by atoms with Gasteiger partial charge in [0.2, 0.25) is 5.62 Å². The fourth-order valence-corrected chi connectivity index (χ4v) is 6.00. The highest BCUT2D eigenvalue weighted by Gasteiger charge is 2.35. The van der Waals surface area contributed by atoms with E-state index in [2.05, 4.69) is 50.9 Å². The molecule has 4 aromatic rings. The zero-order valence-corrected chi connectivity index (χ0v) is 19.8. The van der Waals surface area contributed by atoms with Gasteiger partial charge in [0.15, 0.2) is 0 Å². The largest absolute Gasteiger partial charge is 0.488 e. The molecule has 0 radical (unpaired) electrons. The van der Waals surface area contributed by atoms with Crippen LogP contribution in [0.4, 0.5) is 4.39 Å². The number of nitrogens with one attached hydrogen (secondary N) is 2. The van der Waals surface area contributed by atoms with E-state index < -0.39 is 0 Å². The van der Waals surface area contributed by atoms with Crippen molar-refractivity contribution in [1.29, 1.82) is 5.41 Å². The number of nitrogens with zero attached hydrogens (tertiary/aromatic N) is 2. The van der Waals surface area contributed by atoms with Crippen LogP contribution in [0.2, 0.25) is 0 Å². The first kappa shape index (κ1) is 21.6. The minimum absolute atomic E-state index is 0.259. The van der Waals surface area contributed by atoms with Gasteiger partial charge in [-0.15, -0.1) is 0 Å². The Labute approximate surface area is 208 Å². The number of hydrogen-bond donors (Lipinski definition) is 2. The molecule has 0 unspecified atom stereocenters.